The summed E-state index contributed by atoms with van der Waals surface area (Å²) in [6.07, 6.45) is 6.18. The fourth-order valence-corrected chi connectivity index (χ4v) is 8.74. The molecule has 6 heteroatoms. The van der Waals surface area contributed by atoms with Crippen LogP contribution in [-0.2, 0) is 32.9 Å². The van der Waals surface area contributed by atoms with E-state index >= 15 is 0 Å². The molecule has 0 aliphatic rings. The molecular weight excluding hydrogens is 964 g/mol. The van der Waals surface area contributed by atoms with Gasteiger partial charge in [-0.3, -0.25) is 4.57 Å². The first kappa shape index (κ1) is 36.2. The molecule has 312 valence electrons. The van der Waals surface area contributed by atoms with E-state index in [1.807, 2.05) is 71.3 Å². The molecule has 0 spiro atoms. The maximum absolute atomic E-state index is 9.13. The molecule has 0 saturated carbocycles. The van der Waals surface area contributed by atoms with Crippen LogP contribution in [0.3, 0.4) is 0 Å². The number of fused-ring (bicyclic) bond motifs is 4. The van der Waals surface area contributed by atoms with E-state index in [9.17, 15) is 0 Å². The van der Waals surface area contributed by atoms with Crippen LogP contribution in [0.1, 0.15) is 30.5 Å². The van der Waals surface area contributed by atoms with Crippen molar-refractivity contribution in [2.24, 2.45) is 0 Å². The topological polar surface area (TPSA) is 35.9 Å². The molecule has 64 heavy (non-hydrogen) atoms. The molecule has 0 atom stereocenters. The predicted octanol–water partition coefficient (Wildman–Crippen LogP) is 13.4. The average Bonchev–Trinajstić information content (AvgIpc) is 3.92. The van der Waals surface area contributed by atoms with Crippen molar-refractivity contribution in [2.75, 3.05) is 0 Å². The van der Waals surface area contributed by atoms with E-state index < -0.39 is 0 Å². The van der Waals surface area contributed by atoms with Crippen molar-refractivity contribution < 1.29 is 35.9 Å². The van der Waals surface area contributed by atoms with Crippen LogP contribution in [0.15, 0.2) is 206 Å². The van der Waals surface area contributed by atoms with Crippen molar-refractivity contribution in [1.82, 2.24) is 14.1 Å². The third-order valence-electron chi connectivity index (χ3n) is 11.7. The molecular formula is C58H42N4OPt-2. The van der Waals surface area contributed by atoms with Gasteiger partial charge in [-0.1, -0.05) is 171 Å². The Hall–Kier alpha value is -7.33. The Morgan fingerprint density at radius 2 is 1.30 bits per heavy atom. The molecule has 0 radical (unpaired) electrons. The number of ether oxygens (including phenoxy) is 1. The van der Waals surface area contributed by atoms with Gasteiger partial charge < -0.3 is 13.9 Å². The summed E-state index contributed by atoms with van der Waals surface area (Å²) >= 11 is 0. The van der Waals surface area contributed by atoms with E-state index in [1.165, 1.54) is 5.56 Å². The minimum absolute atomic E-state index is 0. The number of rotatable bonds is 10. The SMILES string of the molecule is [2H]c1c([2H])c([2H])c2c(c1[2H])c1ccc(Oc3[c-]c(-n4[c-][n+](-c5c(-c6ccccc6)cccc5-c5ccccc5)c5ccccc54)ccc3)[c-]c1n2-c1cc(CC(C)(C)c2ccccc2)ccn1.[Pt]. The van der Waals surface area contributed by atoms with E-state index in [-0.39, 0.29) is 50.6 Å². The van der Waals surface area contributed by atoms with Crippen molar-refractivity contribution in [1.29, 1.82) is 0 Å². The zero-order chi connectivity index (χ0) is 45.8. The molecule has 11 rings (SSSR count). The zero-order valence-electron chi connectivity index (χ0n) is 39.0. The van der Waals surface area contributed by atoms with E-state index in [0.717, 1.165) is 44.5 Å². The number of benzene rings is 8. The van der Waals surface area contributed by atoms with Crippen molar-refractivity contribution in [3.8, 4) is 50.9 Å². The van der Waals surface area contributed by atoms with Crippen LogP contribution in [-0.4, -0.2) is 14.1 Å². The first-order chi connectivity index (χ1) is 32.6. The molecule has 3 heterocycles. The summed E-state index contributed by atoms with van der Waals surface area (Å²) in [6.45, 7) is 4.42. The third kappa shape index (κ3) is 7.52. The predicted molar refractivity (Wildman–Crippen MR) is 254 cm³/mol. The Bertz CT molecular complexity index is 3610. The van der Waals surface area contributed by atoms with Crippen LogP contribution >= 0.6 is 0 Å². The molecule has 0 aliphatic heterocycles. The van der Waals surface area contributed by atoms with Crippen LogP contribution in [0.5, 0.6) is 11.5 Å². The number of pyridine rings is 1. The summed E-state index contributed by atoms with van der Waals surface area (Å²) in [5.74, 6) is 1.33. The number of imidazole rings is 1. The number of nitrogens with zero attached hydrogens (tertiary/aromatic N) is 4. The van der Waals surface area contributed by atoms with E-state index in [4.69, 9.17) is 15.2 Å². The van der Waals surface area contributed by atoms with Crippen molar-refractivity contribution in [3.05, 3.63) is 236 Å². The summed E-state index contributed by atoms with van der Waals surface area (Å²) in [7, 11) is 0. The van der Waals surface area contributed by atoms with Gasteiger partial charge in [-0.2, -0.15) is 18.2 Å². The fraction of sp³-hybridized carbons (Fsp3) is 0.0690. The van der Waals surface area contributed by atoms with Gasteiger partial charge in [-0.05, 0) is 74.5 Å². The van der Waals surface area contributed by atoms with Crippen molar-refractivity contribution in [2.45, 2.75) is 25.7 Å². The second-order valence-electron chi connectivity index (χ2n) is 16.3. The van der Waals surface area contributed by atoms with Gasteiger partial charge in [0.15, 0.2) is 0 Å². The van der Waals surface area contributed by atoms with E-state index in [2.05, 4.69) is 140 Å². The Morgan fingerprint density at radius 1 is 0.641 bits per heavy atom. The first-order valence-corrected chi connectivity index (χ1v) is 21.0. The molecule has 0 saturated heterocycles. The molecule has 3 aromatic heterocycles. The van der Waals surface area contributed by atoms with Gasteiger partial charge in [0, 0.05) is 44.3 Å². The van der Waals surface area contributed by atoms with Crippen molar-refractivity contribution >= 4 is 32.8 Å². The number of hydrogen-bond acceptors (Lipinski definition) is 2. The Morgan fingerprint density at radius 3 is 2.05 bits per heavy atom. The summed E-state index contributed by atoms with van der Waals surface area (Å²) in [5.41, 5.74) is 10.8. The Labute approximate surface area is 393 Å². The zero-order valence-corrected chi connectivity index (χ0v) is 37.3. The summed E-state index contributed by atoms with van der Waals surface area (Å²) in [6, 6.07) is 65.3. The molecule has 0 fully saturated rings. The maximum atomic E-state index is 9.13. The Kier molecular flexibility index (Phi) is 9.66. The third-order valence-corrected chi connectivity index (χ3v) is 11.7. The fourth-order valence-electron chi connectivity index (χ4n) is 8.74. The van der Waals surface area contributed by atoms with Gasteiger partial charge in [-0.25, -0.2) is 4.98 Å². The van der Waals surface area contributed by atoms with Gasteiger partial charge in [0.1, 0.15) is 5.82 Å². The molecule has 0 amide bonds. The monoisotopic (exact) mass is 1010 g/mol. The standard InChI is InChI=1S/C58H42N4O.Pt/c1-58(2,44-22-10-5-11-23-44)39-41-34-35-59-56(36-41)62-52-29-13-12-26-50(52)51-33-32-47(38-55(51)62)63-46-25-16-24-45(37-46)60-40-61(54-31-15-14-30-53(54)60)57-48(42-18-6-3-7-19-42)27-17-28-49(57)43-20-8-4-9-21-43;/h3-36H,39H2,1-2H3;/q-2;/i12D,13D,26D,29D;. The molecule has 0 unspecified atom stereocenters. The number of aromatic nitrogens is 4. The van der Waals surface area contributed by atoms with Gasteiger partial charge >= 0.3 is 0 Å². The molecule has 0 aliphatic carbocycles. The first-order valence-electron chi connectivity index (χ1n) is 23.0. The minimum atomic E-state index is -0.318. The van der Waals surface area contributed by atoms with Gasteiger partial charge in [0.2, 0.25) is 0 Å². The Balaban J connectivity index is 0.00000539. The van der Waals surface area contributed by atoms with Crippen LogP contribution < -0.4 is 9.30 Å². The molecule has 5 nitrogen and oxygen atoms in total. The average molecular weight is 1010 g/mol. The van der Waals surface area contributed by atoms with Crippen molar-refractivity contribution in [3.63, 3.8) is 0 Å². The van der Waals surface area contributed by atoms with Crippen LogP contribution in [0.25, 0.3) is 72.3 Å². The molecule has 0 N–H and O–H groups in total. The van der Waals surface area contributed by atoms with Gasteiger partial charge in [0.05, 0.1) is 22.2 Å². The largest absolute Gasteiger partial charge is 0.510 e. The van der Waals surface area contributed by atoms with Gasteiger partial charge in [0.25, 0.3) is 6.33 Å². The second kappa shape index (κ2) is 17.1. The molecule has 8 aromatic carbocycles. The summed E-state index contributed by atoms with van der Waals surface area (Å²) < 4.78 is 47.9. The van der Waals surface area contributed by atoms with E-state index in [1.54, 1.807) is 16.8 Å². The molecule has 0 bridgehead atoms. The van der Waals surface area contributed by atoms with Crippen LogP contribution in [0.2, 0.25) is 0 Å². The quantitative estimate of drug-likeness (QED) is 0.101. The maximum Gasteiger partial charge on any atom is 0.268 e. The van der Waals surface area contributed by atoms with Gasteiger partial charge in [-0.15, -0.1) is 29.7 Å². The number of hydrogen-bond donors (Lipinski definition) is 0. The minimum Gasteiger partial charge on any atom is -0.510 e. The second-order valence-corrected chi connectivity index (χ2v) is 16.3. The molecule has 11 aromatic rings. The van der Waals surface area contributed by atoms with Crippen LogP contribution in [0.4, 0.5) is 0 Å². The number of para-hydroxylation sites is 4. The van der Waals surface area contributed by atoms with E-state index in [0.29, 0.717) is 51.2 Å². The summed E-state index contributed by atoms with van der Waals surface area (Å²) in [5, 5.41) is 0.995. The summed E-state index contributed by atoms with van der Waals surface area (Å²) in [4.78, 5) is 4.80. The van der Waals surface area contributed by atoms with Crippen LogP contribution in [0, 0.1) is 18.5 Å². The normalized spacial score (nSPS) is 12.4. The smallest absolute Gasteiger partial charge is 0.268 e.